The van der Waals surface area contributed by atoms with Crippen molar-refractivity contribution >= 4 is 22.5 Å². The Morgan fingerprint density at radius 1 is 1.07 bits per heavy atom. The van der Waals surface area contributed by atoms with Crippen LogP contribution in [0.1, 0.15) is 24.1 Å². The second kappa shape index (κ2) is 7.33. The molecule has 1 atom stereocenters. The summed E-state index contributed by atoms with van der Waals surface area (Å²) in [6.07, 6.45) is 3.31. The van der Waals surface area contributed by atoms with Crippen molar-refractivity contribution in [1.82, 2.24) is 19.9 Å². The average molecular weight is 359 g/mol. The molecule has 7 nitrogen and oxygen atoms in total. The van der Waals surface area contributed by atoms with E-state index in [1.54, 1.807) is 17.3 Å². The maximum absolute atomic E-state index is 5.83. The van der Waals surface area contributed by atoms with Crippen molar-refractivity contribution < 1.29 is 0 Å². The monoisotopic (exact) mass is 359 g/mol. The van der Waals surface area contributed by atoms with Gasteiger partial charge < -0.3 is 16.5 Å². The van der Waals surface area contributed by atoms with Gasteiger partial charge in [0.1, 0.15) is 12.1 Å². The van der Waals surface area contributed by atoms with Gasteiger partial charge in [0.25, 0.3) is 0 Å². The fraction of sp³-hybridized carbons (Fsp3) is 0.150. The highest BCUT2D eigenvalue weighted by Gasteiger charge is 2.12. The Morgan fingerprint density at radius 3 is 2.74 bits per heavy atom. The highest BCUT2D eigenvalue weighted by Crippen LogP contribution is 2.23. The third-order valence-corrected chi connectivity index (χ3v) is 4.40. The van der Waals surface area contributed by atoms with Gasteiger partial charge >= 0.3 is 0 Å². The Labute approximate surface area is 157 Å². The molecule has 2 heterocycles. The Morgan fingerprint density at radius 2 is 1.93 bits per heavy atom. The summed E-state index contributed by atoms with van der Waals surface area (Å²) in [6.45, 7) is 2.70. The summed E-state index contributed by atoms with van der Waals surface area (Å²) in [7, 11) is 0. The molecule has 0 amide bonds. The lowest BCUT2D eigenvalue weighted by Crippen LogP contribution is -2.16. The quantitative estimate of drug-likeness (QED) is 0.457. The van der Waals surface area contributed by atoms with Crippen molar-refractivity contribution in [1.29, 1.82) is 0 Å². The van der Waals surface area contributed by atoms with E-state index in [-0.39, 0.29) is 6.04 Å². The first kappa shape index (κ1) is 16.8. The molecule has 7 heteroatoms. The van der Waals surface area contributed by atoms with Crippen molar-refractivity contribution in [3.05, 3.63) is 78.2 Å². The van der Waals surface area contributed by atoms with E-state index < -0.39 is 0 Å². The fourth-order valence-corrected chi connectivity index (χ4v) is 2.97. The van der Waals surface area contributed by atoms with Crippen molar-refractivity contribution in [2.24, 2.45) is 0 Å². The molecule has 136 valence electrons. The molecule has 0 saturated carbocycles. The number of fused-ring (bicyclic) bond motifs is 1. The minimum Gasteiger partial charge on any atom is -0.399 e. The molecule has 0 bridgehead atoms. The minimum absolute atomic E-state index is 0.118. The van der Waals surface area contributed by atoms with Gasteiger partial charge in [-0.05, 0) is 30.2 Å². The Balaban J connectivity index is 1.54. The number of benzene rings is 2. The Hall–Kier alpha value is -3.61. The zero-order valence-electron chi connectivity index (χ0n) is 15.0. The minimum atomic E-state index is 0.118. The van der Waals surface area contributed by atoms with Gasteiger partial charge in [0.05, 0.1) is 18.1 Å². The van der Waals surface area contributed by atoms with E-state index in [1.165, 1.54) is 5.56 Å². The lowest BCUT2D eigenvalue weighted by atomic mass is 10.1. The van der Waals surface area contributed by atoms with Gasteiger partial charge in [-0.2, -0.15) is 9.89 Å². The van der Waals surface area contributed by atoms with Crippen LogP contribution in [0.4, 0.5) is 11.5 Å². The van der Waals surface area contributed by atoms with Crippen LogP contribution in [0.3, 0.4) is 0 Å². The van der Waals surface area contributed by atoms with Gasteiger partial charge in [-0.15, -0.1) is 0 Å². The highest BCUT2D eigenvalue weighted by molar-refractivity contribution is 5.86. The molecular formula is C20H21N7. The van der Waals surface area contributed by atoms with Crippen LogP contribution in [-0.2, 0) is 6.54 Å². The third kappa shape index (κ3) is 3.67. The van der Waals surface area contributed by atoms with Crippen LogP contribution in [0.25, 0.3) is 11.0 Å². The second-order valence-electron chi connectivity index (χ2n) is 6.37. The maximum atomic E-state index is 5.83. The molecule has 0 aliphatic carbocycles. The topological polar surface area (TPSA) is 93.7 Å². The van der Waals surface area contributed by atoms with E-state index in [4.69, 9.17) is 5.73 Å². The number of nitrogens with zero attached hydrogens (tertiary/aromatic N) is 4. The van der Waals surface area contributed by atoms with E-state index in [0.29, 0.717) is 6.54 Å². The summed E-state index contributed by atoms with van der Waals surface area (Å²) in [5, 5.41) is 8.71. The number of nitrogens with one attached hydrogen (secondary N) is 2. The van der Waals surface area contributed by atoms with Crippen LogP contribution in [0.2, 0.25) is 0 Å². The molecule has 0 unspecified atom stereocenters. The van der Waals surface area contributed by atoms with E-state index in [9.17, 15) is 0 Å². The van der Waals surface area contributed by atoms with E-state index in [1.807, 2.05) is 42.5 Å². The third-order valence-electron chi connectivity index (χ3n) is 4.40. The summed E-state index contributed by atoms with van der Waals surface area (Å²) in [4.78, 5) is 10.4. The predicted octanol–water partition coefficient (Wildman–Crippen LogP) is 3.33. The molecule has 0 radical (unpaired) electrons. The number of aromatic nitrogens is 4. The van der Waals surface area contributed by atoms with E-state index in [2.05, 4.69) is 44.9 Å². The van der Waals surface area contributed by atoms with Gasteiger partial charge in [0, 0.05) is 11.7 Å². The van der Waals surface area contributed by atoms with Gasteiger partial charge in [-0.3, -0.25) is 0 Å². The average Bonchev–Trinajstić information content (AvgIpc) is 3.11. The van der Waals surface area contributed by atoms with Gasteiger partial charge in [-0.1, -0.05) is 42.5 Å². The molecule has 4 N–H and O–H groups in total. The molecule has 4 rings (SSSR count). The van der Waals surface area contributed by atoms with Crippen LogP contribution >= 0.6 is 0 Å². The van der Waals surface area contributed by atoms with Crippen molar-refractivity contribution in [2.45, 2.75) is 19.5 Å². The van der Waals surface area contributed by atoms with Crippen molar-refractivity contribution in [3.8, 4) is 0 Å². The summed E-state index contributed by atoms with van der Waals surface area (Å²) in [5.74, 6) is 0.758. The zero-order chi connectivity index (χ0) is 18.6. The number of nitrogens with two attached hydrogens (primary N) is 1. The van der Waals surface area contributed by atoms with Crippen LogP contribution in [0, 0.1) is 0 Å². The van der Waals surface area contributed by atoms with Crippen molar-refractivity contribution in [3.63, 3.8) is 0 Å². The summed E-state index contributed by atoms with van der Waals surface area (Å²) >= 11 is 0. The number of hydrogen-bond donors (Lipinski definition) is 3. The van der Waals surface area contributed by atoms with E-state index in [0.717, 1.165) is 28.1 Å². The highest BCUT2D eigenvalue weighted by atomic mass is 15.6. The van der Waals surface area contributed by atoms with E-state index >= 15 is 0 Å². The standard InChI is InChI=1S/C20H21N7/c1-14(16-7-3-2-4-8-16)26-19-18-12-25-27(20(18)23-13-22-19)24-11-15-6-5-9-17(21)10-15/h2-10,12-14,24H,11,21H2,1H3,(H,22,23,26)/t14-/m1/s1. The molecule has 0 fully saturated rings. The number of hydrogen-bond acceptors (Lipinski definition) is 6. The van der Waals surface area contributed by atoms with Crippen LogP contribution in [0.5, 0.6) is 0 Å². The number of rotatable bonds is 6. The smallest absolute Gasteiger partial charge is 0.185 e. The maximum Gasteiger partial charge on any atom is 0.185 e. The van der Waals surface area contributed by atoms with Crippen LogP contribution in [-0.4, -0.2) is 19.9 Å². The zero-order valence-corrected chi connectivity index (χ0v) is 15.0. The molecule has 4 aromatic rings. The lowest BCUT2D eigenvalue weighted by molar-refractivity contribution is 0.747. The molecule has 0 aliphatic heterocycles. The predicted molar refractivity (Wildman–Crippen MR) is 108 cm³/mol. The SMILES string of the molecule is C[C@@H](Nc1ncnc2c1cnn2NCc1cccc(N)c1)c1ccccc1. The van der Waals surface area contributed by atoms with Gasteiger partial charge in [-0.25, -0.2) is 9.97 Å². The Bertz CT molecular complexity index is 1040. The molecular weight excluding hydrogens is 338 g/mol. The molecule has 0 saturated heterocycles. The normalized spacial score (nSPS) is 12.0. The molecule has 0 aliphatic rings. The number of anilines is 2. The number of nitrogen functional groups attached to an aromatic ring is 1. The first-order valence-electron chi connectivity index (χ1n) is 8.79. The van der Waals surface area contributed by atoms with Crippen molar-refractivity contribution in [2.75, 3.05) is 16.5 Å². The lowest BCUT2D eigenvalue weighted by Gasteiger charge is -2.15. The molecule has 2 aromatic heterocycles. The van der Waals surface area contributed by atoms with Crippen LogP contribution in [0.15, 0.2) is 67.1 Å². The molecule has 2 aromatic carbocycles. The first-order chi connectivity index (χ1) is 13.2. The van der Waals surface area contributed by atoms with Gasteiger partial charge in [0.2, 0.25) is 0 Å². The first-order valence-corrected chi connectivity index (χ1v) is 8.79. The molecule has 0 spiro atoms. The largest absolute Gasteiger partial charge is 0.399 e. The Kier molecular flexibility index (Phi) is 4.57. The fourth-order valence-electron chi connectivity index (χ4n) is 2.97. The summed E-state index contributed by atoms with van der Waals surface area (Å²) in [6, 6.07) is 18.1. The van der Waals surface area contributed by atoms with Gasteiger partial charge in [0.15, 0.2) is 5.65 Å². The second-order valence-corrected chi connectivity index (χ2v) is 6.37. The molecule has 27 heavy (non-hydrogen) atoms. The summed E-state index contributed by atoms with van der Waals surface area (Å²) < 4.78 is 0. The van der Waals surface area contributed by atoms with Crippen LogP contribution < -0.4 is 16.5 Å². The summed E-state index contributed by atoms with van der Waals surface area (Å²) in [5.41, 5.74) is 12.8.